The normalized spacial score (nSPS) is 22.7. The number of aromatic nitrogens is 2. The van der Waals surface area contributed by atoms with Gasteiger partial charge in [0, 0.05) is 51.0 Å². The zero-order valence-corrected chi connectivity index (χ0v) is 14.4. The largest absolute Gasteiger partial charge is 0.341 e. The van der Waals surface area contributed by atoms with Crippen molar-refractivity contribution in [2.75, 3.05) is 19.6 Å². The molecule has 0 radical (unpaired) electrons. The van der Waals surface area contributed by atoms with Crippen molar-refractivity contribution in [2.24, 2.45) is 0 Å². The van der Waals surface area contributed by atoms with E-state index in [-0.39, 0.29) is 24.0 Å². The predicted molar refractivity (Wildman–Crippen MR) is 90.4 cm³/mol. The number of hydrogen-bond acceptors (Lipinski definition) is 3. The van der Waals surface area contributed by atoms with Crippen molar-refractivity contribution in [2.45, 2.75) is 57.7 Å². The molecule has 0 spiro atoms. The molecule has 0 bridgehead atoms. The average molecular weight is 333 g/mol. The van der Waals surface area contributed by atoms with Crippen molar-refractivity contribution >= 4 is 11.9 Å². The molecule has 24 heavy (non-hydrogen) atoms. The Balaban J connectivity index is 1.55. The minimum absolute atomic E-state index is 0.0149. The fraction of sp³-hybridized carbons (Fsp3) is 0.706. The molecular weight excluding hydrogens is 306 g/mol. The summed E-state index contributed by atoms with van der Waals surface area (Å²) < 4.78 is 1.96. The van der Waals surface area contributed by atoms with Crippen molar-refractivity contribution < 1.29 is 9.59 Å². The molecule has 0 saturated carbocycles. The zero-order valence-electron chi connectivity index (χ0n) is 14.4. The molecular formula is C17H27N5O2. The van der Waals surface area contributed by atoms with Crippen LogP contribution in [0.15, 0.2) is 18.7 Å². The molecule has 1 aromatic heterocycles. The van der Waals surface area contributed by atoms with Gasteiger partial charge < -0.3 is 19.7 Å². The fourth-order valence-electron chi connectivity index (χ4n) is 3.66. The quantitative estimate of drug-likeness (QED) is 0.887. The third-order valence-corrected chi connectivity index (χ3v) is 4.90. The molecule has 2 saturated heterocycles. The number of nitrogens with zero attached hydrogens (tertiary/aromatic N) is 4. The smallest absolute Gasteiger partial charge is 0.317 e. The Labute approximate surface area is 143 Å². The van der Waals surface area contributed by atoms with Gasteiger partial charge in [-0.25, -0.2) is 9.78 Å². The van der Waals surface area contributed by atoms with E-state index in [9.17, 15) is 9.59 Å². The van der Waals surface area contributed by atoms with Gasteiger partial charge >= 0.3 is 6.03 Å². The maximum absolute atomic E-state index is 12.7. The number of carbonyl (C=O) groups is 2. The van der Waals surface area contributed by atoms with E-state index in [1.165, 1.54) is 0 Å². The summed E-state index contributed by atoms with van der Waals surface area (Å²) in [6.45, 7) is 5.00. The molecule has 7 heteroatoms. The van der Waals surface area contributed by atoms with Crippen LogP contribution < -0.4 is 5.32 Å². The van der Waals surface area contributed by atoms with Crippen molar-refractivity contribution in [3.63, 3.8) is 0 Å². The second-order valence-corrected chi connectivity index (χ2v) is 6.90. The molecule has 2 fully saturated rings. The summed E-state index contributed by atoms with van der Waals surface area (Å²) in [6, 6.07) is 0.155. The third-order valence-electron chi connectivity index (χ3n) is 4.90. The van der Waals surface area contributed by atoms with Crippen molar-refractivity contribution in [1.82, 2.24) is 24.7 Å². The topological polar surface area (TPSA) is 70.5 Å². The van der Waals surface area contributed by atoms with E-state index in [0.29, 0.717) is 19.5 Å². The highest BCUT2D eigenvalue weighted by molar-refractivity contribution is 5.78. The lowest BCUT2D eigenvalue weighted by atomic mass is 10.0. The summed E-state index contributed by atoms with van der Waals surface area (Å²) in [6.07, 6.45) is 10.1. The van der Waals surface area contributed by atoms with Gasteiger partial charge in [0.2, 0.25) is 5.91 Å². The van der Waals surface area contributed by atoms with Crippen LogP contribution in [0.5, 0.6) is 0 Å². The lowest BCUT2D eigenvalue weighted by molar-refractivity contribution is -0.128. The number of rotatable bonds is 5. The molecule has 1 N–H and O–H groups in total. The first-order valence-corrected chi connectivity index (χ1v) is 8.94. The molecule has 0 aliphatic carbocycles. The summed E-state index contributed by atoms with van der Waals surface area (Å²) >= 11 is 0. The fourth-order valence-corrected chi connectivity index (χ4v) is 3.66. The maximum atomic E-state index is 12.7. The Morgan fingerprint density at radius 1 is 1.38 bits per heavy atom. The SMILES string of the molecule is C[C@@H](Cn1ccnc1)NC(=O)N1CCCC[C@H]1CN1CCCC1=O. The predicted octanol–water partition coefficient (Wildman–Crippen LogP) is 1.46. The van der Waals surface area contributed by atoms with Gasteiger partial charge in [-0.3, -0.25) is 4.79 Å². The first-order chi connectivity index (χ1) is 11.6. The Hall–Kier alpha value is -2.05. The third kappa shape index (κ3) is 4.07. The number of urea groups is 1. The van der Waals surface area contributed by atoms with Crippen LogP contribution in [0.1, 0.15) is 39.0 Å². The summed E-state index contributed by atoms with van der Waals surface area (Å²) in [4.78, 5) is 32.4. The van der Waals surface area contributed by atoms with Crippen LogP contribution in [-0.4, -0.2) is 63.0 Å². The highest BCUT2D eigenvalue weighted by atomic mass is 16.2. The van der Waals surface area contributed by atoms with Crippen molar-refractivity contribution in [3.8, 4) is 0 Å². The monoisotopic (exact) mass is 333 g/mol. The Kier molecular flexibility index (Phi) is 5.37. The zero-order chi connectivity index (χ0) is 16.9. The van der Waals surface area contributed by atoms with E-state index in [1.54, 1.807) is 12.5 Å². The van der Waals surface area contributed by atoms with E-state index < -0.39 is 0 Å². The summed E-state index contributed by atoms with van der Waals surface area (Å²) in [7, 11) is 0. The van der Waals surface area contributed by atoms with Gasteiger partial charge in [0.15, 0.2) is 0 Å². The highest BCUT2D eigenvalue weighted by Crippen LogP contribution is 2.20. The van der Waals surface area contributed by atoms with E-state index >= 15 is 0 Å². The van der Waals surface area contributed by atoms with Gasteiger partial charge in [-0.1, -0.05) is 0 Å². The highest BCUT2D eigenvalue weighted by Gasteiger charge is 2.31. The molecule has 132 valence electrons. The van der Waals surface area contributed by atoms with Gasteiger partial charge in [-0.2, -0.15) is 0 Å². The van der Waals surface area contributed by atoms with Gasteiger partial charge in [0.1, 0.15) is 0 Å². The minimum atomic E-state index is -0.0149. The number of nitrogens with one attached hydrogen (secondary N) is 1. The van der Waals surface area contributed by atoms with E-state index in [1.807, 2.05) is 27.5 Å². The van der Waals surface area contributed by atoms with Gasteiger partial charge in [0.05, 0.1) is 12.4 Å². The molecule has 0 aromatic carbocycles. The van der Waals surface area contributed by atoms with Gasteiger partial charge in [-0.15, -0.1) is 0 Å². The van der Waals surface area contributed by atoms with Crippen molar-refractivity contribution in [1.29, 1.82) is 0 Å². The van der Waals surface area contributed by atoms with Gasteiger partial charge in [-0.05, 0) is 32.6 Å². The van der Waals surface area contributed by atoms with Crippen molar-refractivity contribution in [3.05, 3.63) is 18.7 Å². The molecule has 7 nitrogen and oxygen atoms in total. The molecule has 0 unspecified atom stereocenters. The van der Waals surface area contributed by atoms with Crippen LogP contribution >= 0.6 is 0 Å². The standard InChI is InChI=1S/C17H27N5O2/c1-14(11-20-10-7-18-13-20)19-17(24)22-9-3-2-5-15(22)12-21-8-4-6-16(21)23/h7,10,13-15H,2-6,8-9,11-12H2,1H3,(H,19,24)/t14-,15-/m0/s1. The van der Waals surface area contributed by atoms with Gasteiger partial charge in [0.25, 0.3) is 0 Å². The van der Waals surface area contributed by atoms with E-state index in [0.717, 1.165) is 38.8 Å². The Morgan fingerprint density at radius 3 is 2.96 bits per heavy atom. The van der Waals surface area contributed by atoms with E-state index in [4.69, 9.17) is 0 Å². The molecule has 1 aromatic rings. The summed E-state index contributed by atoms with van der Waals surface area (Å²) in [5, 5.41) is 3.09. The Bertz CT molecular complexity index is 559. The Morgan fingerprint density at radius 2 is 2.25 bits per heavy atom. The van der Waals surface area contributed by atoms with Crippen LogP contribution in [0.3, 0.4) is 0 Å². The first kappa shape index (κ1) is 16.8. The van der Waals surface area contributed by atoms with Crippen LogP contribution in [0, 0.1) is 0 Å². The maximum Gasteiger partial charge on any atom is 0.317 e. The molecule has 3 rings (SSSR count). The molecule has 3 heterocycles. The number of piperidine rings is 1. The van der Waals surface area contributed by atoms with E-state index in [2.05, 4.69) is 10.3 Å². The lowest BCUT2D eigenvalue weighted by Crippen LogP contribution is -2.54. The second-order valence-electron chi connectivity index (χ2n) is 6.90. The average Bonchev–Trinajstić information content (AvgIpc) is 3.20. The summed E-state index contributed by atoms with van der Waals surface area (Å²) in [5.41, 5.74) is 0. The lowest BCUT2D eigenvalue weighted by Gasteiger charge is -2.38. The molecule has 2 aliphatic rings. The van der Waals surface area contributed by atoms with Crippen LogP contribution in [-0.2, 0) is 11.3 Å². The van der Waals surface area contributed by atoms with Crippen LogP contribution in [0.4, 0.5) is 4.79 Å². The first-order valence-electron chi connectivity index (χ1n) is 8.94. The molecule has 2 aliphatic heterocycles. The molecule has 3 amide bonds. The van der Waals surface area contributed by atoms with Crippen LogP contribution in [0.2, 0.25) is 0 Å². The minimum Gasteiger partial charge on any atom is -0.341 e. The molecule has 2 atom stereocenters. The number of amides is 3. The number of likely N-dealkylation sites (tertiary alicyclic amines) is 2. The summed E-state index contributed by atoms with van der Waals surface area (Å²) in [5.74, 6) is 0.231. The second kappa shape index (κ2) is 7.68. The number of hydrogen-bond donors (Lipinski definition) is 1. The number of imidazole rings is 1. The van der Waals surface area contributed by atoms with Crippen LogP contribution in [0.25, 0.3) is 0 Å². The number of carbonyl (C=O) groups excluding carboxylic acids is 2.